The van der Waals surface area contributed by atoms with Gasteiger partial charge in [-0.05, 0) is 0 Å². The maximum absolute atomic E-state index is 9.63. The fourth-order valence-electron chi connectivity index (χ4n) is 0.277. The van der Waals surface area contributed by atoms with Gasteiger partial charge >= 0.3 is 129 Å². The first-order chi connectivity index (χ1) is 7.41. The third-order valence-corrected chi connectivity index (χ3v) is 3.83. The van der Waals surface area contributed by atoms with Gasteiger partial charge in [0.2, 0.25) is 0 Å². The Morgan fingerprint density at radius 2 is 0.550 bits per heavy atom. The van der Waals surface area contributed by atoms with Crippen LogP contribution in [0.1, 0.15) is 0 Å². The van der Waals surface area contributed by atoms with Gasteiger partial charge in [0, 0.05) is 0 Å². The summed E-state index contributed by atoms with van der Waals surface area (Å²) in [5, 5.41) is 0. The van der Waals surface area contributed by atoms with Gasteiger partial charge in [-0.15, -0.1) is 0 Å². The van der Waals surface area contributed by atoms with Gasteiger partial charge in [-0.1, -0.05) is 0 Å². The normalized spacial score (nSPS) is 12.4. The Balaban J connectivity index is -0.000000116. The first kappa shape index (κ1) is 31.4. The first-order valence-electron chi connectivity index (χ1n) is 3.06. The summed E-state index contributed by atoms with van der Waals surface area (Å²) in [5.41, 5.74) is 0. The van der Waals surface area contributed by atoms with Crippen LogP contribution in [0.2, 0.25) is 0 Å². The van der Waals surface area contributed by atoms with E-state index in [2.05, 4.69) is 8.62 Å². The Labute approximate surface area is 191 Å². The van der Waals surface area contributed by atoms with Crippen molar-refractivity contribution in [2.45, 2.75) is 0 Å². The summed E-state index contributed by atoms with van der Waals surface area (Å²) in [6.07, 6.45) is 0. The minimum atomic E-state index is -5.05. The number of hydrogen-bond acceptors (Lipinski definition) is 6. The summed E-state index contributed by atoms with van der Waals surface area (Å²) in [7, 11) is -20.2. The molecule has 0 spiro atoms. The van der Waals surface area contributed by atoms with Crippen molar-refractivity contribution in [3.05, 3.63) is 0 Å². The molecule has 8 N–H and O–H groups in total. The van der Waals surface area contributed by atoms with E-state index in [4.69, 9.17) is 39.1 Å². The summed E-state index contributed by atoms with van der Waals surface area (Å²) in [6, 6.07) is 0. The second-order valence-corrected chi connectivity index (χ2v) is 7.36. The van der Waals surface area contributed by atoms with Crippen LogP contribution in [0.5, 0.6) is 0 Å². The molecule has 0 aromatic heterocycles. The zero-order chi connectivity index (χ0) is 15.4. The van der Waals surface area contributed by atoms with Crippen molar-refractivity contribution in [2.75, 3.05) is 0 Å². The van der Waals surface area contributed by atoms with E-state index in [-0.39, 0.29) is 97.8 Å². The van der Waals surface area contributed by atoms with Crippen LogP contribution in [-0.2, 0) is 26.9 Å². The molecule has 0 unspecified atom stereocenters. The molecular weight excluding hydrogens is 623 g/mol. The molecule has 0 aliphatic rings. The summed E-state index contributed by atoms with van der Waals surface area (Å²) in [6.45, 7) is 0. The van der Waals surface area contributed by atoms with Gasteiger partial charge in [0.25, 0.3) is 0 Å². The van der Waals surface area contributed by atoms with Gasteiger partial charge in [0.05, 0.1) is 0 Å². The molecule has 0 saturated heterocycles. The molecule has 0 radical (unpaired) electrons. The van der Waals surface area contributed by atoms with E-state index in [0.29, 0.717) is 0 Å². The van der Waals surface area contributed by atoms with E-state index < -0.39 is 31.3 Å². The van der Waals surface area contributed by atoms with E-state index in [1.165, 1.54) is 0 Å². The fraction of sp³-hybridized carbons (Fsp3) is 0. The second kappa shape index (κ2) is 12.1. The predicted molar refractivity (Wildman–Crippen MR) is 67.4 cm³/mol. The Bertz CT molecular complexity index is 346. The van der Waals surface area contributed by atoms with Crippen molar-refractivity contribution in [1.29, 1.82) is 0 Å². The SMILES string of the molecule is O=P(O)(O)OP(=O)(O)O.O=P(O)(O)OP(=O)(O)O.[BaH2].[BaH2]. The Hall–Kier alpha value is 3.66. The van der Waals surface area contributed by atoms with Crippen molar-refractivity contribution in [3.8, 4) is 0 Å². The summed E-state index contributed by atoms with van der Waals surface area (Å²) in [5.74, 6) is 0. The van der Waals surface area contributed by atoms with Gasteiger partial charge in [0.15, 0.2) is 0 Å². The Morgan fingerprint density at radius 3 is 0.550 bits per heavy atom. The fourth-order valence-corrected chi connectivity index (χ4v) is 2.49. The van der Waals surface area contributed by atoms with Crippen LogP contribution in [0.15, 0.2) is 0 Å². The molecule has 0 aromatic rings. The molecule has 0 rings (SSSR count). The molecule has 0 aliphatic carbocycles. The molecule has 0 bridgehead atoms. The van der Waals surface area contributed by atoms with E-state index in [0.717, 1.165) is 0 Å². The van der Waals surface area contributed by atoms with Crippen LogP contribution in [0, 0.1) is 0 Å². The van der Waals surface area contributed by atoms with Gasteiger partial charge in [-0.3, -0.25) is 0 Å². The molecule has 0 heterocycles. The van der Waals surface area contributed by atoms with Crippen LogP contribution < -0.4 is 0 Å². The molecule has 0 aliphatic heterocycles. The third kappa shape index (κ3) is 37.7. The Morgan fingerprint density at radius 1 is 0.450 bits per heavy atom. The van der Waals surface area contributed by atoms with Gasteiger partial charge in [-0.25, -0.2) is 18.3 Å². The maximum atomic E-state index is 9.63. The number of phosphoric acid groups is 4. The van der Waals surface area contributed by atoms with Gasteiger partial charge in [0.1, 0.15) is 0 Å². The topological polar surface area (TPSA) is 249 Å². The standard InChI is InChI=1S/2Ba.2H4O7P2.4H/c;;2*1-8(2,3)7-9(4,5)6;;;;/h;;2*(H2,1,2,3)(H2,4,5,6);;;;. The summed E-state index contributed by atoms with van der Waals surface area (Å²) in [4.78, 5) is 62.0. The van der Waals surface area contributed by atoms with Crippen LogP contribution in [0.3, 0.4) is 0 Å². The van der Waals surface area contributed by atoms with E-state index in [9.17, 15) is 18.3 Å². The molecule has 0 atom stereocenters. The van der Waals surface area contributed by atoms with E-state index in [1.807, 2.05) is 0 Å². The molecule has 0 aromatic carbocycles. The zero-order valence-corrected chi connectivity index (χ0v) is 11.4. The average Bonchev–Trinajstić information content (AvgIpc) is 1.64. The monoisotopic (exact) mass is 636 g/mol. The van der Waals surface area contributed by atoms with Crippen LogP contribution in [0.25, 0.3) is 0 Å². The predicted octanol–water partition coefficient (Wildman–Crippen LogP) is -3.46. The van der Waals surface area contributed by atoms with Crippen molar-refractivity contribution >= 4 is 129 Å². The number of rotatable bonds is 4. The number of hydrogen-bond donors (Lipinski definition) is 8. The molecule has 0 amide bonds. The molecular formula is H12Ba2O14P4. The van der Waals surface area contributed by atoms with Crippen molar-refractivity contribution in [2.24, 2.45) is 0 Å². The molecule has 20 heteroatoms. The second-order valence-electron chi connectivity index (χ2n) is 2.13. The van der Waals surface area contributed by atoms with Crippen LogP contribution >= 0.6 is 31.3 Å². The molecule has 0 saturated carbocycles. The molecule has 120 valence electrons. The minimum absolute atomic E-state index is 0. The zero-order valence-electron chi connectivity index (χ0n) is 7.82. The molecule has 20 heavy (non-hydrogen) atoms. The van der Waals surface area contributed by atoms with Crippen LogP contribution in [-0.4, -0.2) is 137 Å². The van der Waals surface area contributed by atoms with Crippen molar-refractivity contribution in [3.63, 3.8) is 0 Å². The van der Waals surface area contributed by atoms with Crippen molar-refractivity contribution < 1.29 is 66.0 Å². The average molecular weight is 635 g/mol. The first-order valence-corrected chi connectivity index (χ1v) is 9.18. The van der Waals surface area contributed by atoms with Crippen molar-refractivity contribution in [1.82, 2.24) is 0 Å². The quantitative estimate of drug-likeness (QED) is 0.111. The Kier molecular flexibility index (Phi) is 19.0. The van der Waals surface area contributed by atoms with E-state index in [1.54, 1.807) is 0 Å². The summed E-state index contributed by atoms with van der Waals surface area (Å²) < 4.78 is 44.4. The van der Waals surface area contributed by atoms with Gasteiger partial charge < -0.3 is 39.1 Å². The summed E-state index contributed by atoms with van der Waals surface area (Å²) >= 11 is 0. The third-order valence-electron chi connectivity index (χ3n) is 0.425. The molecule has 14 nitrogen and oxygen atoms in total. The van der Waals surface area contributed by atoms with Crippen LogP contribution in [0.4, 0.5) is 0 Å². The van der Waals surface area contributed by atoms with E-state index >= 15 is 0 Å². The van der Waals surface area contributed by atoms with Gasteiger partial charge in [-0.2, -0.15) is 8.62 Å². The molecule has 0 fully saturated rings.